The van der Waals surface area contributed by atoms with Crippen LogP contribution in [0.4, 0.5) is 0 Å². The second kappa shape index (κ2) is 6.40. The van der Waals surface area contributed by atoms with Crippen molar-refractivity contribution < 1.29 is 9.59 Å². The summed E-state index contributed by atoms with van der Waals surface area (Å²) in [5.74, 6) is 0.150. The van der Waals surface area contributed by atoms with Crippen LogP contribution < -0.4 is 5.32 Å². The molecule has 1 saturated carbocycles. The molecule has 1 aliphatic heterocycles. The first kappa shape index (κ1) is 14.4. The third kappa shape index (κ3) is 3.28. The molecule has 19 heavy (non-hydrogen) atoms. The highest BCUT2D eigenvalue weighted by atomic mass is 16.2. The minimum absolute atomic E-state index is 0.0174. The highest BCUT2D eigenvalue weighted by Crippen LogP contribution is 2.26. The van der Waals surface area contributed by atoms with Gasteiger partial charge in [-0.05, 0) is 26.2 Å². The fraction of sp³-hybridized carbons (Fsp3) is 0.867. The van der Waals surface area contributed by atoms with Crippen LogP contribution in [-0.4, -0.2) is 34.8 Å². The van der Waals surface area contributed by atoms with E-state index in [1.807, 2.05) is 18.7 Å². The Kier molecular flexibility index (Phi) is 4.83. The molecule has 0 aromatic rings. The van der Waals surface area contributed by atoms with Crippen molar-refractivity contribution in [3.63, 3.8) is 0 Å². The van der Waals surface area contributed by atoms with E-state index in [4.69, 9.17) is 0 Å². The molecule has 2 unspecified atom stereocenters. The van der Waals surface area contributed by atoms with Gasteiger partial charge in [-0.3, -0.25) is 9.59 Å². The number of amides is 2. The average molecular weight is 266 g/mol. The molecule has 4 heteroatoms. The molecule has 4 nitrogen and oxygen atoms in total. The first-order valence-electron chi connectivity index (χ1n) is 7.75. The van der Waals surface area contributed by atoms with E-state index in [2.05, 4.69) is 5.32 Å². The third-order valence-electron chi connectivity index (χ3n) is 4.47. The first-order valence-corrected chi connectivity index (χ1v) is 7.75. The van der Waals surface area contributed by atoms with Crippen LogP contribution in [0.1, 0.15) is 65.2 Å². The van der Waals surface area contributed by atoms with Crippen LogP contribution in [0.2, 0.25) is 0 Å². The van der Waals surface area contributed by atoms with Crippen molar-refractivity contribution in [2.75, 3.05) is 0 Å². The van der Waals surface area contributed by atoms with Crippen LogP contribution >= 0.6 is 0 Å². The normalized spacial score (nSPS) is 30.7. The van der Waals surface area contributed by atoms with Gasteiger partial charge in [0.2, 0.25) is 11.8 Å². The van der Waals surface area contributed by atoms with Crippen LogP contribution in [-0.2, 0) is 9.59 Å². The minimum atomic E-state index is -0.319. The first-order chi connectivity index (χ1) is 9.13. The van der Waals surface area contributed by atoms with E-state index in [1.54, 1.807) is 0 Å². The van der Waals surface area contributed by atoms with Crippen LogP contribution in [0.5, 0.6) is 0 Å². The van der Waals surface area contributed by atoms with Crippen molar-refractivity contribution in [3.8, 4) is 0 Å². The standard InChI is InChI=1S/C15H26N2O2/c1-3-13-15(19)17(11(2)10-14(18)16-13)12-8-6-4-5-7-9-12/h11-13H,3-10H2,1-2H3,(H,16,18). The van der Waals surface area contributed by atoms with Crippen LogP contribution in [0.25, 0.3) is 0 Å². The summed E-state index contributed by atoms with van der Waals surface area (Å²) in [6, 6.07) is 0.0552. The van der Waals surface area contributed by atoms with Gasteiger partial charge in [0.15, 0.2) is 0 Å². The van der Waals surface area contributed by atoms with Crippen LogP contribution in [0.15, 0.2) is 0 Å². The Balaban J connectivity index is 2.18. The molecule has 2 aliphatic rings. The number of carbonyl (C=O) groups is 2. The van der Waals surface area contributed by atoms with E-state index in [9.17, 15) is 9.59 Å². The Morgan fingerprint density at radius 1 is 1.16 bits per heavy atom. The predicted molar refractivity (Wildman–Crippen MR) is 74.6 cm³/mol. The zero-order valence-corrected chi connectivity index (χ0v) is 12.2. The van der Waals surface area contributed by atoms with Gasteiger partial charge in [-0.1, -0.05) is 32.6 Å². The van der Waals surface area contributed by atoms with Crippen molar-refractivity contribution in [2.45, 2.75) is 83.3 Å². The Bertz CT molecular complexity index is 335. The molecule has 2 fully saturated rings. The monoisotopic (exact) mass is 266 g/mol. The summed E-state index contributed by atoms with van der Waals surface area (Å²) in [6.07, 6.45) is 8.29. The number of nitrogens with one attached hydrogen (secondary N) is 1. The molecular formula is C15H26N2O2. The largest absolute Gasteiger partial charge is 0.344 e. The van der Waals surface area contributed by atoms with Gasteiger partial charge >= 0.3 is 0 Å². The van der Waals surface area contributed by atoms with E-state index >= 15 is 0 Å². The van der Waals surface area contributed by atoms with Gasteiger partial charge in [0.25, 0.3) is 0 Å². The number of carbonyl (C=O) groups excluding carboxylic acids is 2. The summed E-state index contributed by atoms with van der Waals surface area (Å²) in [4.78, 5) is 26.5. The lowest BCUT2D eigenvalue weighted by atomic mass is 10.0. The van der Waals surface area contributed by atoms with Gasteiger partial charge in [0.05, 0.1) is 0 Å². The quantitative estimate of drug-likeness (QED) is 0.779. The second-order valence-corrected chi connectivity index (χ2v) is 5.97. The van der Waals surface area contributed by atoms with Gasteiger partial charge in [-0.2, -0.15) is 0 Å². The molecule has 0 bridgehead atoms. The SMILES string of the molecule is CCC1NC(=O)CC(C)N(C2CCCCCC2)C1=O. The van der Waals surface area contributed by atoms with Gasteiger partial charge in [0, 0.05) is 18.5 Å². The lowest BCUT2D eigenvalue weighted by Gasteiger charge is -2.36. The topological polar surface area (TPSA) is 49.4 Å². The molecule has 1 aliphatic carbocycles. The summed E-state index contributed by atoms with van der Waals surface area (Å²) >= 11 is 0. The van der Waals surface area contributed by atoms with Gasteiger partial charge in [-0.15, -0.1) is 0 Å². The highest BCUT2D eigenvalue weighted by Gasteiger charge is 2.36. The number of hydrogen-bond acceptors (Lipinski definition) is 2. The van der Waals surface area contributed by atoms with E-state index in [-0.39, 0.29) is 23.9 Å². The predicted octanol–water partition coefficient (Wildman–Crippen LogP) is 2.22. The zero-order valence-electron chi connectivity index (χ0n) is 12.2. The molecule has 1 saturated heterocycles. The zero-order chi connectivity index (χ0) is 13.8. The lowest BCUT2D eigenvalue weighted by Crippen LogP contribution is -2.50. The van der Waals surface area contributed by atoms with Crippen molar-refractivity contribution in [1.29, 1.82) is 0 Å². The van der Waals surface area contributed by atoms with E-state index < -0.39 is 0 Å². The van der Waals surface area contributed by atoms with Crippen molar-refractivity contribution in [3.05, 3.63) is 0 Å². The molecule has 0 spiro atoms. The maximum absolute atomic E-state index is 12.7. The molecule has 1 N–H and O–H groups in total. The molecule has 1 heterocycles. The van der Waals surface area contributed by atoms with Crippen molar-refractivity contribution >= 4 is 11.8 Å². The minimum Gasteiger partial charge on any atom is -0.344 e. The highest BCUT2D eigenvalue weighted by molar-refractivity contribution is 5.90. The summed E-state index contributed by atoms with van der Waals surface area (Å²) in [5.41, 5.74) is 0. The Labute approximate surface area is 115 Å². The molecular weight excluding hydrogens is 240 g/mol. The van der Waals surface area contributed by atoms with Crippen LogP contribution in [0.3, 0.4) is 0 Å². The summed E-state index contributed by atoms with van der Waals surface area (Å²) in [7, 11) is 0. The smallest absolute Gasteiger partial charge is 0.245 e. The van der Waals surface area contributed by atoms with Gasteiger partial charge in [0.1, 0.15) is 6.04 Å². The average Bonchev–Trinajstić information content (AvgIpc) is 2.68. The van der Waals surface area contributed by atoms with Crippen molar-refractivity contribution in [2.24, 2.45) is 0 Å². The van der Waals surface area contributed by atoms with Gasteiger partial charge < -0.3 is 10.2 Å². The summed E-state index contributed by atoms with van der Waals surface area (Å²) in [5, 5.41) is 2.86. The maximum Gasteiger partial charge on any atom is 0.245 e. The van der Waals surface area contributed by atoms with Crippen LogP contribution in [0, 0.1) is 0 Å². The fourth-order valence-corrected chi connectivity index (χ4v) is 3.43. The maximum atomic E-state index is 12.7. The molecule has 2 atom stereocenters. The Morgan fingerprint density at radius 2 is 1.79 bits per heavy atom. The second-order valence-electron chi connectivity index (χ2n) is 5.97. The molecule has 2 amide bonds. The molecule has 2 rings (SSSR count). The summed E-state index contributed by atoms with van der Waals surface area (Å²) < 4.78 is 0. The van der Waals surface area contributed by atoms with Gasteiger partial charge in [-0.25, -0.2) is 0 Å². The summed E-state index contributed by atoms with van der Waals surface area (Å²) in [6.45, 7) is 3.98. The number of rotatable bonds is 2. The Morgan fingerprint density at radius 3 is 2.37 bits per heavy atom. The molecule has 0 aromatic heterocycles. The molecule has 108 valence electrons. The Hall–Kier alpha value is -1.06. The van der Waals surface area contributed by atoms with E-state index in [1.165, 1.54) is 25.7 Å². The number of hydrogen-bond donors (Lipinski definition) is 1. The van der Waals surface area contributed by atoms with E-state index in [0.717, 1.165) is 12.8 Å². The lowest BCUT2D eigenvalue weighted by molar-refractivity contribution is -0.137. The molecule has 0 aromatic carbocycles. The molecule has 0 radical (unpaired) electrons. The third-order valence-corrected chi connectivity index (χ3v) is 4.47. The fourth-order valence-electron chi connectivity index (χ4n) is 3.43. The number of nitrogens with zero attached hydrogens (tertiary/aromatic N) is 1. The van der Waals surface area contributed by atoms with Crippen molar-refractivity contribution in [1.82, 2.24) is 10.2 Å². The van der Waals surface area contributed by atoms with E-state index in [0.29, 0.717) is 18.9 Å².